The van der Waals surface area contributed by atoms with Crippen molar-refractivity contribution in [2.45, 2.75) is 25.3 Å². The molecule has 1 aromatic rings. The third kappa shape index (κ3) is 3.85. The van der Waals surface area contributed by atoms with Gasteiger partial charge >= 0.3 is 0 Å². The summed E-state index contributed by atoms with van der Waals surface area (Å²) < 4.78 is 1.16. The number of hydrogen-bond donors (Lipinski definition) is 2. The number of aryl methyl sites for hydroxylation is 1. The minimum atomic E-state index is 0.321. The third-order valence-corrected chi connectivity index (χ3v) is 5.92. The molecule has 18 heavy (non-hydrogen) atoms. The van der Waals surface area contributed by atoms with Crippen molar-refractivity contribution in [1.29, 1.82) is 0 Å². The standard InChI is InChI=1S/C12H14N2S4/c13-11(15)17-18-12(16)14-10-7-3-5-8-4-1-2-6-9(8)10/h1-2,4,6,10H,3,5,7H2,(H2,13,15)(H,14,16). The highest BCUT2D eigenvalue weighted by atomic mass is 33.1. The lowest BCUT2D eigenvalue weighted by Crippen LogP contribution is -2.27. The molecule has 2 nitrogen and oxygen atoms in total. The molecular formula is C12H14N2S4. The van der Waals surface area contributed by atoms with Gasteiger partial charge in [0.2, 0.25) is 0 Å². The van der Waals surface area contributed by atoms with Gasteiger partial charge in [-0.3, -0.25) is 0 Å². The largest absolute Gasteiger partial charge is 0.384 e. The van der Waals surface area contributed by atoms with Crippen molar-refractivity contribution in [3.8, 4) is 0 Å². The Morgan fingerprint density at radius 2 is 2.06 bits per heavy atom. The predicted octanol–water partition coefficient (Wildman–Crippen LogP) is 3.56. The Morgan fingerprint density at radius 1 is 1.28 bits per heavy atom. The van der Waals surface area contributed by atoms with E-state index >= 15 is 0 Å². The molecule has 1 unspecified atom stereocenters. The van der Waals surface area contributed by atoms with E-state index in [9.17, 15) is 0 Å². The zero-order valence-corrected chi connectivity index (χ0v) is 13.0. The van der Waals surface area contributed by atoms with Crippen molar-refractivity contribution < 1.29 is 0 Å². The molecule has 0 bridgehead atoms. The van der Waals surface area contributed by atoms with Gasteiger partial charge in [-0.1, -0.05) is 48.7 Å². The second-order valence-electron chi connectivity index (χ2n) is 4.06. The van der Waals surface area contributed by atoms with Gasteiger partial charge in [0.1, 0.15) is 8.64 Å². The number of thiocarbonyl (C=S) groups is 2. The van der Waals surface area contributed by atoms with E-state index < -0.39 is 0 Å². The number of fused-ring (bicyclic) bond motifs is 1. The van der Waals surface area contributed by atoms with E-state index in [2.05, 4.69) is 29.6 Å². The van der Waals surface area contributed by atoms with Gasteiger partial charge in [0, 0.05) is 0 Å². The number of benzene rings is 1. The van der Waals surface area contributed by atoms with E-state index in [0.29, 0.717) is 10.4 Å². The highest BCUT2D eigenvalue weighted by molar-refractivity contribution is 8.89. The highest BCUT2D eigenvalue weighted by Gasteiger charge is 2.20. The maximum absolute atomic E-state index is 5.44. The summed E-state index contributed by atoms with van der Waals surface area (Å²) in [5.74, 6) is 0. The average Bonchev–Trinajstić information content (AvgIpc) is 2.37. The van der Waals surface area contributed by atoms with Gasteiger partial charge in [-0.2, -0.15) is 0 Å². The van der Waals surface area contributed by atoms with E-state index in [1.165, 1.54) is 39.1 Å². The van der Waals surface area contributed by atoms with Gasteiger partial charge in [0.05, 0.1) is 6.04 Å². The molecule has 1 atom stereocenters. The topological polar surface area (TPSA) is 38.0 Å². The predicted molar refractivity (Wildman–Crippen MR) is 89.8 cm³/mol. The first kappa shape index (κ1) is 14.1. The molecule has 96 valence electrons. The molecule has 6 heteroatoms. The molecule has 0 saturated heterocycles. The van der Waals surface area contributed by atoms with Crippen LogP contribution in [0.1, 0.15) is 30.0 Å². The lowest BCUT2D eigenvalue weighted by molar-refractivity contribution is 0.532. The van der Waals surface area contributed by atoms with Crippen molar-refractivity contribution >= 4 is 54.7 Å². The summed E-state index contributed by atoms with van der Waals surface area (Å²) in [6.07, 6.45) is 3.48. The van der Waals surface area contributed by atoms with Crippen LogP contribution < -0.4 is 11.1 Å². The molecular weight excluding hydrogens is 300 g/mol. The van der Waals surface area contributed by atoms with Gasteiger partial charge < -0.3 is 11.1 Å². The summed E-state index contributed by atoms with van der Waals surface area (Å²) in [4.78, 5) is 0. The summed E-state index contributed by atoms with van der Waals surface area (Å²) in [6, 6.07) is 8.88. The fourth-order valence-electron chi connectivity index (χ4n) is 2.15. The van der Waals surface area contributed by atoms with E-state index in [-0.39, 0.29) is 0 Å². The maximum atomic E-state index is 5.44. The Bertz CT molecular complexity index is 461. The Hall–Kier alpha value is -0.300. The van der Waals surface area contributed by atoms with E-state index in [1.807, 2.05) is 0 Å². The lowest BCUT2D eigenvalue weighted by atomic mass is 9.88. The van der Waals surface area contributed by atoms with Crippen LogP contribution in [0.15, 0.2) is 24.3 Å². The highest BCUT2D eigenvalue weighted by Crippen LogP contribution is 2.31. The second-order valence-corrected chi connectivity index (χ2v) is 7.61. The van der Waals surface area contributed by atoms with Gasteiger partial charge in [0.25, 0.3) is 0 Å². The molecule has 0 fully saturated rings. The number of rotatable bonds is 1. The second kappa shape index (κ2) is 6.75. The SMILES string of the molecule is NC(=S)SSC(=S)NC1CCCc2ccccc21. The monoisotopic (exact) mass is 314 g/mol. The molecule has 2 rings (SSSR count). The Kier molecular flexibility index (Phi) is 5.29. The van der Waals surface area contributed by atoms with Crippen molar-refractivity contribution in [3.05, 3.63) is 35.4 Å². The zero-order chi connectivity index (χ0) is 13.0. The fourth-order valence-corrected chi connectivity index (χ4v) is 3.87. The smallest absolute Gasteiger partial charge is 0.145 e. The van der Waals surface area contributed by atoms with Gasteiger partial charge in [0.15, 0.2) is 0 Å². The molecule has 0 heterocycles. The first-order valence-electron chi connectivity index (χ1n) is 5.69. The average molecular weight is 315 g/mol. The van der Waals surface area contributed by atoms with Crippen LogP contribution in [0.5, 0.6) is 0 Å². The first-order valence-corrected chi connectivity index (χ1v) is 8.65. The van der Waals surface area contributed by atoms with Crippen LogP contribution in [-0.4, -0.2) is 8.64 Å². The summed E-state index contributed by atoms with van der Waals surface area (Å²) in [5.41, 5.74) is 8.23. The number of nitrogens with one attached hydrogen (secondary N) is 1. The van der Waals surface area contributed by atoms with Gasteiger partial charge in [-0.05, 0) is 52.0 Å². The van der Waals surface area contributed by atoms with Crippen LogP contribution >= 0.6 is 46.0 Å². The molecule has 0 aliphatic heterocycles. The van der Waals surface area contributed by atoms with Crippen LogP contribution in [0.3, 0.4) is 0 Å². The Labute approximate surface area is 126 Å². The molecule has 1 aromatic carbocycles. The van der Waals surface area contributed by atoms with Crippen LogP contribution in [0.4, 0.5) is 0 Å². The molecule has 0 saturated carbocycles. The number of nitrogens with two attached hydrogens (primary N) is 1. The van der Waals surface area contributed by atoms with E-state index in [1.54, 1.807) is 0 Å². The quantitative estimate of drug-likeness (QED) is 0.610. The minimum absolute atomic E-state index is 0.321. The van der Waals surface area contributed by atoms with Crippen molar-refractivity contribution in [1.82, 2.24) is 5.32 Å². The van der Waals surface area contributed by atoms with Crippen molar-refractivity contribution in [2.75, 3.05) is 0 Å². The lowest BCUT2D eigenvalue weighted by Gasteiger charge is -2.26. The molecule has 1 aliphatic carbocycles. The first-order chi connectivity index (χ1) is 8.66. The summed E-state index contributed by atoms with van der Waals surface area (Å²) >= 11 is 10.1. The Balaban J connectivity index is 1.98. The minimum Gasteiger partial charge on any atom is -0.384 e. The summed E-state index contributed by atoms with van der Waals surface area (Å²) in [7, 11) is 2.76. The number of hydrogen-bond acceptors (Lipinski definition) is 4. The zero-order valence-electron chi connectivity index (χ0n) is 9.72. The molecule has 0 radical (unpaired) electrons. The summed E-state index contributed by atoms with van der Waals surface area (Å²) in [6.45, 7) is 0. The van der Waals surface area contributed by atoms with Crippen LogP contribution in [0.2, 0.25) is 0 Å². The fraction of sp³-hybridized carbons (Fsp3) is 0.333. The Morgan fingerprint density at radius 3 is 2.83 bits per heavy atom. The molecule has 3 N–H and O–H groups in total. The van der Waals surface area contributed by atoms with E-state index in [0.717, 1.165) is 17.2 Å². The van der Waals surface area contributed by atoms with Crippen LogP contribution in [0, 0.1) is 0 Å². The molecule has 1 aliphatic rings. The van der Waals surface area contributed by atoms with E-state index in [4.69, 9.17) is 30.2 Å². The van der Waals surface area contributed by atoms with Gasteiger partial charge in [-0.15, -0.1) is 0 Å². The van der Waals surface area contributed by atoms with Crippen LogP contribution in [0.25, 0.3) is 0 Å². The third-order valence-electron chi connectivity index (χ3n) is 2.86. The van der Waals surface area contributed by atoms with Crippen molar-refractivity contribution in [2.24, 2.45) is 5.73 Å². The maximum Gasteiger partial charge on any atom is 0.145 e. The van der Waals surface area contributed by atoms with Crippen molar-refractivity contribution in [3.63, 3.8) is 0 Å². The normalized spacial score (nSPS) is 17.9. The van der Waals surface area contributed by atoms with Gasteiger partial charge in [-0.25, -0.2) is 0 Å². The molecule has 0 spiro atoms. The van der Waals surface area contributed by atoms with Crippen LogP contribution in [-0.2, 0) is 6.42 Å². The summed E-state index contributed by atoms with van der Waals surface area (Å²) in [5, 5.41) is 3.39. The molecule has 0 amide bonds. The molecule has 0 aromatic heterocycles.